The SMILES string of the molecule is CCOc1ccc(/C=C2\N=C(c3cc(I)ccc3Cl)OC2=O)cc1. The summed E-state index contributed by atoms with van der Waals surface area (Å²) in [6.07, 6.45) is 1.67. The third kappa shape index (κ3) is 3.79. The van der Waals surface area contributed by atoms with Crippen LogP contribution in [0, 0.1) is 3.57 Å². The molecule has 2 aromatic rings. The van der Waals surface area contributed by atoms with Crippen LogP contribution in [0.4, 0.5) is 0 Å². The number of carbonyl (C=O) groups excluding carboxylic acids is 1. The first kappa shape index (κ1) is 17.0. The Morgan fingerprint density at radius 2 is 2.00 bits per heavy atom. The molecule has 0 saturated carbocycles. The second-order valence-corrected chi connectivity index (χ2v) is 6.62. The number of hydrogen-bond acceptors (Lipinski definition) is 4. The van der Waals surface area contributed by atoms with Gasteiger partial charge in [0, 0.05) is 3.57 Å². The molecular formula is C18H13ClINO3. The third-order valence-electron chi connectivity index (χ3n) is 3.27. The van der Waals surface area contributed by atoms with Crippen molar-refractivity contribution >= 4 is 52.1 Å². The van der Waals surface area contributed by atoms with E-state index >= 15 is 0 Å². The Morgan fingerprint density at radius 3 is 2.71 bits per heavy atom. The summed E-state index contributed by atoms with van der Waals surface area (Å²) in [5.41, 5.74) is 1.68. The Hall–Kier alpha value is -1.86. The van der Waals surface area contributed by atoms with E-state index in [2.05, 4.69) is 27.6 Å². The van der Waals surface area contributed by atoms with Crippen LogP contribution in [0.5, 0.6) is 5.75 Å². The molecule has 24 heavy (non-hydrogen) atoms. The van der Waals surface area contributed by atoms with Crippen LogP contribution < -0.4 is 4.74 Å². The Bertz CT molecular complexity index is 844. The first-order valence-electron chi connectivity index (χ1n) is 7.27. The van der Waals surface area contributed by atoms with Gasteiger partial charge in [0.2, 0.25) is 5.90 Å². The molecule has 122 valence electrons. The lowest BCUT2D eigenvalue weighted by molar-refractivity contribution is -0.129. The van der Waals surface area contributed by atoms with Gasteiger partial charge in [0.05, 0.1) is 17.2 Å². The van der Waals surface area contributed by atoms with Gasteiger partial charge in [0.25, 0.3) is 0 Å². The number of cyclic esters (lactones) is 1. The van der Waals surface area contributed by atoms with Crippen molar-refractivity contribution in [1.29, 1.82) is 0 Å². The number of carbonyl (C=O) groups is 1. The molecule has 0 fully saturated rings. The lowest BCUT2D eigenvalue weighted by Crippen LogP contribution is -2.06. The standard InChI is InChI=1S/C18H13ClINO3/c1-2-23-13-6-3-11(4-7-13)9-16-18(22)24-17(21-16)14-10-12(20)5-8-15(14)19/h3-10H,2H2,1H3/b16-9-. The molecule has 0 spiro atoms. The average Bonchev–Trinajstić information content (AvgIpc) is 2.92. The number of hydrogen-bond donors (Lipinski definition) is 0. The minimum absolute atomic E-state index is 0.223. The van der Waals surface area contributed by atoms with Crippen molar-refractivity contribution in [1.82, 2.24) is 0 Å². The zero-order chi connectivity index (χ0) is 17.1. The van der Waals surface area contributed by atoms with Crippen molar-refractivity contribution in [3.63, 3.8) is 0 Å². The summed E-state index contributed by atoms with van der Waals surface area (Å²) in [5, 5.41) is 0.490. The molecule has 0 saturated heterocycles. The fraction of sp³-hybridized carbons (Fsp3) is 0.111. The van der Waals surface area contributed by atoms with Crippen LogP contribution >= 0.6 is 34.2 Å². The average molecular weight is 454 g/mol. The Morgan fingerprint density at radius 1 is 1.25 bits per heavy atom. The van der Waals surface area contributed by atoms with Crippen molar-refractivity contribution in [3.8, 4) is 5.75 Å². The minimum Gasteiger partial charge on any atom is -0.494 e. The lowest BCUT2D eigenvalue weighted by Gasteiger charge is -2.02. The summed E-state index contributed by atoms with van der Waals surface area (Å²) in [6, 6.07) is 12.9. The predicted octanol–water partition coefficient (Wildman–Crippen LogP) is 4.69. The number of nitrogens with zero attached hydrogens (tertiary/aromatic N) is 1. The van der Waals surface area contributed by atoms with Crippen LogP contribution in [-0.4, -0.2) is 18.5 Å². The van der Waals surface area contributed by atoms with Gasteiger partial charge in [0.1, 0.15) is 5.75 Å². The van der Waals surface area contributed by atoms with Gasteiger partial charge < -0.3 is 9.47 Å². The van der Waals surface area contributed by atoms with E-state index in [1.807, 2.05) is 43.3 Å². The molecule has 0 aromatic heterocycles. The van der Waals surface area contributed by atoms with Gasteiger partial charge >= 0.3 is 5.97 Å². The van der Waals surface area contributed by atoms with Crippen LogP contribution in [0.25, 0.3) is 6.08 Å². The van der Waals surface area contributed by atoms with Crippen LogP contribution in [0.15, 0.2) is 53.2 Å². The van der Waals surface area contributed by atoms with E-state index < -0.39 is 5.97 Å². The molecule has 3 rings (SSSR count). The number of benzene rings is 2. The number of halogens is 2. The molecule has 1 heterocycles. The van der Waals surface area contributed by atoms with Crippen molar-refractivity contribution in [2.75, 3.05) is 6.61 Å². The maximum Gasteiger partial charge on any atom is 0.363 e. The molecular weight excluding hydrogens is 441 g/mol. The van der Waals surface area contributed by atoms with Gasteiger partial charge in [-0.1, -0.05) is 23.7 Å². The highest BCUT2D eigenvalue weighted by Crippen LogP contribution is 2.25. The Labute approximate surface area is 158 Å². The minimum atomic E-state index is -0.492. The van der Waals surface area contributed by atoms with Crippen molar-refractivity contribution < 1.29 is 14.3 Å². The van der Waals surface area contributed by atoms with E-state index in [0.29, 0.717) is 17.2 Å². The molecule has 0 unspecified atom stereocenters. The quantitative estimate of drug-likeness (QED) is 0.383. The zero-order valence-electron chi connectivity index (χ0n) is 12.8. The molecule has 0 aliphatic carbocycles. The summed E-state index contributed by atoms with van der Waals surface area (Å²) >= 11 is 8.34. The molecule has 1 aliphatic rings. The summed E-state index contributed by atoms with van der Waals surface area (Å²) in [5.74, 6) is 0.512. The fourth-order valence-electron chi connectivity index (χ4n) is 2.17. The number of esters is 1. The summed E-state index contributed by atoms with van der Waals surface area (Å²) < 4.78 is 11.6. The molecule has 4 nitrogen and oxygen atoms in total. The summed E-state index contributed by atoms with van der Waals surface area (Å²) in [4.78, 5) is 16.3. The Kier molecular flexibility index (Phi) is 5.20. The number of ether oxygens (including phenoxy) is 2. The van der Waals surface area contributed by atoms with Gasteiger partial charge in [-0.3, -0.25) is 0 Å². The lowest BCUT2D eigenvalue weighted by atomic mass is 10.2. The highest BCUT2D eigenvalue weighted by atomic mass is 127. The van der Waals surface area contributed by atoms with Crippen LogP contribution in [0.3, 0.4) is 0 Å². The summed E-state index contributed by atoms with van der Waals surface area (Å²) in [7, 11) is 0. The Balaban J connectivity index is 1.89. The fourth-order valence-corrected chi connectivity index (χ4v) is 2.86. The molecule has 1 aliphatic heterocycles. The first-order chi connectivity index (χ1) is 11.6. The largest absolute Gasteiger partial charge is 0.494 e. The van der Waals surface area contributed by atoms with E-state index in [1.54, 1.807) is 12.1 Å². The first-order valence-corrected chi connectivity index (χ1v) is 8.73. The summed E-state index contributed by atoms with van der Waals surface area (Å²) in [6.45, 7) is 2.54. The predicted molar refractivity (Wildman–Crippen MR) is 102 cm³/mol. The van der Waals surface area contributed by atoms with Crippen molar-refractivity contribution in [3.05, 3.63) is 67.9 Å². The van der Waals surface area contributed by atoms with E-state index in [-0.39, 0.29) is 11.6 Å². The highest BCUT2D eigenvalue weighted by molar-refractivity contribution is 14.1. The van der Waals surface area contributed by atoms with Gasteiger partial charge in [-0.05, 0) is 71.5 Å². The van der Waals surface area contributed by atoms with E-state index in [9.17, 15) is 4.79 Å². The molecule has 6 heteroatoms. The zero-order valence-corrected chi connectivity index (χ0v) is 15.7. The van der Waals surface area contributed by atoms with Crippen molar-refractivity contribution in [2.24, 2.45) is 4.99 Å². The van der Waals surface area contributed by atoms with Gasteiger partial charge in [-0.25, -0.2) is 9.79 Å². The second kappa shape index (κ2) is 7.36. The van der Waals surface area contributed by atoms with Crippen LogP contribution in [0.2, 0.25) is 5.02 Å². The maximum atomic E-state index is 12.1. The third-order valence-corrected chi connectivity index (χ3v) is 4.27. The van der Waals surface area contributed by atoms with E-state index in [0.717, 1.165) is 14.9 Å². The topological polar surface area (TPSA) is 47.9 Å². The van der Waals surface area contributed by atoms with Gasteiger partial charge in [0.15, 0.2) is 5.70 Å². The molecule has 2 aromatic carbocycles. The molecule has 0 radical (unpaired) electrons. The van der Waals surface area contributed by atoms with E-state index in [1.165, 1.54) is 0 Å². The van der Waals surface area contributed by atoms with E-state index in [4.69, 9.17) is 21.1 Å². The highest BCUT2D eigenvalue weighted by Gasteiger charge is 2.25. The van der Waals surface area contributed by atoms with Crippen LogP contribution in [0.1, 0.15) is 18.1 Å². The van der Waals surface area contributed by atoms with Gasteiger partial charge in [-0.2, -0.15) is 0 Å². The molecule has 0 N–H and O–H groups in total. The molecule has 0 atom stereocenters. The van der Waals surface area contributed by atoms with Crippen molar-refractivity contribution in [2.45, 2.75) is 6.92 Å². The number of rotatable bonds is 4. The second-order valence-electron chi connectivity index (χ2n) is 4.96. The monoisotopic (exact) mass is 453 g/mol. The number of aliphatic imine (C=N–C) groups is 1. The van der Waals surface area contributed by atoms with Gasteiger partial charge in [-0.15, -0.1) is 0 Å². The normalized spacial score (nSPS) is 15.4. The molecule has 0 amide bonds. The van der Waals surface area contributed by atoms with Crippen LogP contribution in [-0.2, 0) is 9.53 Å². The smallest absolute Gasteiger partial charge is 0.363 e. The maximum absolute atomic E-state index is 12.1. The molecule has 0 bridgehead atoms.